The maximum Gasteiger partial charge on any atom is 0.422 e. The first-order valence-electron chi connectivity index (χ1n) is 16.6. The Hall–Kier alpha value is -2.73. The number of carbonyl (C=O) groups is 2. The minimum Gasteiger partial charge on any atom is -0.430 e. The number of nitro benzene ring substituents is 1. The number of ether oxygens (including phenoxy) is 1. The van der Waals surface area contributed by atoms with Gasteiger partial charge in [0.1, 0.15) is 4.90 Å². The van der Waals surface area contributed by atoms with Gasteiger partial charge in [-0.3, -0.25) is 14.9 Å². The lowest BCUT2D eigenvalue weighted by atomic mass is 9.93. The van der Waals surface area contributed by atoms with E-state index in [1.807, 2.05) is 0 Å². The Morgan fingerprint density at radius 2 is 1.36 bits per heavy atom. The predicted molar refractivity (Wildman–Crippen MR) is 186 cm³/mol. The molecule has 0 aliphatic carbocycles. The van der Waals surface area contributed by atoms with Gasteiger partial charge in [-0.1, -0.05) is 101 Å². The van der Waals surface area contributed by atoms with E-state index in [2.05, 4.69) is 13.8 Å². The third kappa shape index (κ3) is 9.25. The Morgan fingerprint density at radius 1 is 0.830 bits per heavy atom. The van der Waals surface area contributed by atoms with E-state index in [1.54, 1.807) is 19.9 Å². The molecule has 1 unspecified atom stereocenters. The van der Waals surface area contributed by atoms with E-state index in [9.17, 15) is 28.1 Å². The summed E-state index contributed by atoms with van der Waals surface area (Å²) < 4.78 is 34.9. The third-order valence-corrected chi connectivity index (χ3v) is 11.3. The summed E-state index contributed by atoms with van der Waals surface area (Å²) >= 11 is 13.2. The van der Waals surface area contributed by atoms with Crippen molar-refractivity contribution < 1.29 is 27.7 Å². The second-order valence-electron chi connectivity index (χ2n) is 12.3. The number of amides is 2. The van der Waals surface area contributed by atoms with Crippen LogP contribution in [0.1, 0.15) is 119 Å². The number of cyclic esters (lactones) is 1. The first-order valence-corrected chi connectivity index (χ1v) is 18.8. The molecule has 1 atom stereocenters. The minimum atomic E-state index is -4.06. The number of benzene rings is 2. The number of nitrogens with zero attached hydrogens (tertiary/aromatic N) is 3. The molecule has 0 spiro atoms. The van der Waals surface area contributed by atoms with Crippen LogP contribution in [-0.2, 0) is 19.6 Å². The van der Waals surface area contributed by atoms with Crippen molar-refractivity contribution in [3.63, 3.8) is 0 Å². The molecule has 3 rings (SSSR count). The number of unbranched alkanes of at least 4 members (excludes halogenated alkanes) is 10. The van der Waals surface area contributed by atoms with Crippen molar-refractivity contribution in [3.05, 3.63) is 60.6 Å². The van der Waals surface area contributed by atoms with E-state index in [0.717, 1.165) is 64.2 Å². The molecular formula is C34H47Cl2N3O7S. The summed E-state index contributed by atoms with van der Waals surface area (Å²) in [4.78, 5) is 38.4. The molecule has 2 aromatic carbocycles. The summed E-state index contributed by atoms with van der Waals surface area (Å²) in [7, 11) is -4.06. The zero-order valence-corrected chi connectivity index (χ0v) is 30.4. The fourth-order valence-electron chi connectivity index (χ4n) is 6.20. The zero-order valence-electron chi connectivity index (χ0n) is 28.1. The van der Waals surface area contributed by atoms with Crippen molar-refractivity contribution in [2.45, 2.75) is 123 Å². The summed E-state index contributed by atoms with van der Waals surface area (Å²) in [6.45, 7) is 9.76. The van der Waals surface area contributed by atoms with Gasteiger partial charge in [0.2, 0.25) is 16.1 Å². The number of nitro groups is 1. The van der Waals surface area contributed by atoms with Crippen LogP contribution in [0.2, 0.25) is 10.0 Å². The molecule has 1 saturated heterocycles. The Bertz CT molecular complexity index is 1550. The highest BCUT2D eigenvalue weighted by molar-refractivity contribution is 7.89. The van der Waals surface area contributed by atoms with Crippen molar-refractivity contribution in [2.75, 3.05) is 18.0 Å². The van der Waals surface area contributed by atoms with Gasteiger partial charge in [-0.15, -0.1) is 0 Å². The first kappa shape index (κ1) is 38.7. The van der Waals surface area contributed by atoms with Gasteiger partial charge in [0, 0.05) is 29.8 Å². The van der Waals surface area contributed by atoms with Crippen LogP contribution in [0.15, 0.2) is 23.1 Å². The van der Waals surface area contributed by atoms with Crippen LogP contribution in [0.5, 0.6) is 0 Å². The van der Waals surface area contributed by atoms with Crippen molar-refractivity contribution in [1.29, 1.82) is 0 Å². The number of imide groups is 1. The SMILES string of the molecule is CCCCCCCCN(CCCCCCCC)S(=O)(=O)c1cc(Cl)c(N2C(=O)OC(c3c(C)cc(C)c([N+](=O)[O-])c3C)C2=O)cc1Cl. The summed E-state index contributed by atoms with van der Waals surface area (Å²) in [5.74, 6) is -0.819. The molecule has 0 aromatic heterocycles. The predicted octanol–water partition coefficient (Wildman–Crippen LogP) is 9.76. The number of hydrogen-bond acceptors (Lipinski definition) is 7. The number of rotatable bonds is 19. The number of carbonyl (C=O) groups excluding carboxylic acids is 2. The molecular weight excluding hydrogens is 665 g/mol. The lowest BCUT2D eigenvalue weighted by Crippen LogP contribution is -2.34. The lowest BCUT2D eigenvalue weighted by molar-refractivity contribution is -0.386. The molecule has 1 heterocycles. The zero-order chi connectivity index (χ0) is 34.9. The van der Waals surface area contributed by atoms with E-state index in [1.165, 1.54) is 23.4 Å². The van der Waals surface area contributed by atoms with Crippen molar-refractivity contribution >= 4 is 56.6 Å². The van der Waals surface area contributed by atoms with Crippen molar-refractivity contribution in [3.8, 4) is 0 Å². The van der Waals surface area contributed by atoms with Crippen molar-refractivity contribution in [2.24, 2.45) is 0 Å². The van der Waals surface area contributed by atoms with E-state index in [4.69, 9.17) is 27.9 Å². The van der Waals surface area contributed by atoms with Crippen LogP contribution < -0.4 is 4.90 Å². The molecule has 1 fully saturated rings. The molecule has 1 aliphatic rings. The molecule has 0 bridgehead atoms. The van der Waals surface area contributed by atoms with Crippen molar-refractivity contribution in [1.82, 2.24) is 4.31 Å². The summed E-state index contributed by atoms with van der Waals surface area (Å²) in [5.41, 5.74) is 1.07. The average Bonchev–Trinajstić information content (AvgIpc) is 3.28. The fraction of sp³-hybridized carbons (Fsp3) is 0.588. The number of halogens is 2. The average molecular weight is 713 g/mol. The van der Waals surface area contributed by atoms with E-state index in [-0.39, 0.29) is 37.4 Å². The second-order valence-corrected chi connectivity index (χ2v) is 15.0. The van der Waals surface area contributed by atoms with E-state index in [0.29, 0.717) is 42.0 Å². The first-order chi connectivity index (χ1) is 22.3. The maximum atomic E-state index is 14.0. The Kier molecular flexibility index (Phi) is 14.5. The lowest BCUT2D eigenvalue weighted by Gasteiger charge is -2.24. The molecule has 0 N–H and O–H groups in total. The Morgan fingerprint density at radius 3 is 1.89 bits per heavy atom. The van der Waals surface area contributed by atoms with Gasteiger partial charge < -0.3 is 4.74 Å². The quantitative estimate of drug-likeness (QED) is 0.0806. The molecule has 260 valence electrons. The van der Waals surface area contributed by atoms with Gasteiger partial charge in [0.25, 0.3) is 11.6 Å². The van der Waals surface area contributed by atoms with Crippen LogP contribution in [0.3, 0.4) is 0 Å². The number of hydrogen-bond donors (Lipinski definition) is 0. The summed E-state index contributed by atoms with van der Waals surface area (Å²) in [6, 6.07) is 3.92. The van der Waals surface area contributed by atoms with Crippen LogP contribution in [0.4, 0.5) is 16.2 Å². The molecule has 2 aromatic rings. The molecule has 0 saturated carbocycles. The van der Waals surface area contributed by atoms with Gasteiger partial charge in [0.15, 0.2) is 0 Å². The van der Waals surface area contributed by atoms with Crippen LogP contribution in [0.25, 0.3) is 0 Å². The molecule has 0 radical (unpaired) electrons. The largest absolute Gasteiger partial charge is 0.430 e. The Balaban J connectivity index is 1.90. The fourth-order valence-corrected chi connectivity index (χ4v) is 8.55. The molecule has 2 amide bonds. The normalized spacial score (nSPS) is 15.1. The molecule has 13 heteroatoms. The van der Waals surface area contributed by atoms with Gasteiger partial charge in [-0.2, -0.15) is 4.31 Å². The smallest absolute Gasteiger partial charge is 0.422 e. The minimum absolute atomic E-state index is 0.136. The van der Waals surface area contributed by atoms with Crippen LogP contribution >= 0.6 is 23.2 Å². The highest BCUT2D eigenvalue weighted by atomic mass is 35.5. The topological polar surface area (TPSA) is 127 Å². The van der Waals surface area contributed by atoms with Gasteiger partial charge in [-0.05, 0) is 57.4 Å². The third-order valence-electron chi connectivity index (χ3n) is 8.66. The maximum absolute atomic E-state index is 14.0. The number of anilines is 1. The van der Waals surface area contributed by atoms with Crippen LogP contribution in [0, 0.1) is 30.9 Å². The molecule has 1 aliphatic heterocycles. The van der Waals surface area contributed by atoms with Gasteiger partial charge >= 0.3 is 6.09 Å². The van der Waals surface area contributed by atoms with Gasteiger partial charge in [-0.25, -0.2) is 18.1 Å². The second kappa shape index (κ2) is 17.6. The van der Waals surface area contributed by atoms with E-state index >= 15 is 0 Å². The summed E-state index contributed by atoms with van der Waals surface area (Å²) in [5, 5.41) is 11.4. The number of sulfonamides is 1. The standard InChI is InChI=1S/C34H47Cl2N3O7S/c1-6-8-10-12-14-16-18-37(19-17-15-13-11-9-7-2)47(44,45)29-22-26(35)28(21-27(29)36)38-33(40)32(46-34(38)41)30-23(3)20-24(4)31(25(30)5)39(42)43/h20-22,32H,6-19H2,1-5H3. The van der Waals surface area contributed by atoms with Crippen LogP contribution in [-0.4, -0.2) is 42.7 Å². The highest BCUT2D eigenvalue weighted by Gasteiger charge is 2.46. The number of aryl methyl sites for hydroxylation is 2. The molecule has 10 nitrogen and oxygen atoms in total. The highest BCUT2D eigenvalue weighted by Crippen LogP contribution is 2.42. The van der Waals surface area contributed by atoms with E-state index < -0.39 is 33.1 Å². The summed E-state index contributed by atoms with van der Waals surface area (Å²) in [6.07, 6.45) is 9.62. The van der Waals surface area contributed by atoms with Gasteiger partial charge in [0.05, 0.1) is 20.7 Å². The molecule has 47 heavy (non-hydrogen) atoms. The monoisotopic (exact) mass is 711 g/mol. The Labute approximate surface area is 288 Å².